The Morgan fingerprint density at radius 3 is 1.51 bits per heavy atom. The van der Waals surface area contributed by atoms with Gasteiger partial charge in [0.1, 0.15) is 0 Å². The number of benzene rings is 7. The first-order chi connectivity index (χ1) is 31.9. The first-order valence-corrected chi connectivity index (χ1v) is 25.5. The molecule has 346 valence electrons. The average Bonchev–Trinajstić information content (AvgIpc) is 3.29. The highest BCUT2D eigenvalue weighted by molar-refractivity contribution is 7.00. The molecule has 68 heavy (non-hydrogen) atoms. The third-order valence-electron chi connectivity index (χ3n) is 15.9. The Hall–Kier alpha value is -5.80. The van der Waals surface area contributed by atoms with E-state index in [2.05, 4.69) is 253 Å². The summed E-state index contributed by atoms with van der Waals surface area (Å²) < 4.78 is 0. The van der Waals surface area contributed by atoms with Gasteiger partial charge in [0.05, 0.1) is 5.69 Å². The summed E-state index contributed by atoms with van der Waals surface area (Å²) in [6.45, 7) is 35.8. The van der Waals surface area contributed by atoms with Crippen LogP contribution in [0.15, 0.2) is 140 Å². The zero-order valence-corrected chi connectivity index (χ0v) is 43.7. The van der Waals surface area contributed by atoms with Gasteiger partial charge < -0.3 is 9.80 Å². The molecule has 0 bridgehead atoms. The van der Waals surface area contributed by atoms with Gasteiger partial charge in [0.2, 0.25) is 0 Å². The van der Waals surface area contributed by atoms with Crippen LogP contribution in [0.25, 0.3) is 22.3 Å². The SMILES string of the molecule is CC(C)c1cc2c3c(c1)N(c1cc(-c4ccccc4)c(C(C)(C)C)cc1-c1ccccc1)c1cc4c(cc1B3c1cc(C(C)(C)C)ccc1N2c1ccc(C(C)(C)C)cc1)C(C)(C)CCC4(C)C. The van der Waals surface area contributed by atoms with Gasteiger partial charge in [-0.25, -0.2) is 0 Å². The van der Waals surface area contributed by atoms with Gasteiger partial charge >= 0.3 is 0 Å². The van der Waals surface area contributed by atoms with Crippen molar-refractivity contribution in [1.29, 1.82) is 0 Å². The zero-order valence-electron chi connectivity index (χ0n) is 43.7. The molecule has 0 saturated carbocycles. The van der Waals surface area contributed by atoms with Crippen LogP contribution in [0.4, 0.5) is 34.1 Å². The smallest absolute Gasteiger partial charge is 0.252 e. The monoisotopic (exact) mass is 893 g/mol. The lowest BCUT2D eigenvalue weighted by atomic mass is 9.33. The Labute approximate surface area is 409 Å². The molecule has 1 aliphatic carbocycles. The van der Waals surface area contributed by atoms with Crippen molar-refractivity contribution in [3.63, 3.8) is 0 Å². The fourth-order valence-electron chi connectivity index (χ4n) is 11.6. The van der Waals surface area contributed by atoms with Gasteiger partial charge in [-0.1, -0.05) is 195 Å². The summed E-state index contributed by atoms with van der Waals surface area (Å²) in [5.41, 5.74) is 25.0. The summed E-state index contributed by atoms with van der Waals surface area (Å²) in [7, 11) is 0. The second-order valence-electron chi connectivity index (χ2n) is 25.2. The van der Waals surface area contributed by atoms with Crippen LogP contribution >= 0.6 is 0 Å². The summed E-state index contributed by atoms with van der Waals surface area (Å²) in [5, 5.41) is 0. The highest BCUT2D eigenvalue weighted by Gasteiger charge is 2.47. The second-order valence-corrected chi connectivity index (χ2v) is 25.2. The van der Waals surface area contributed by atoms with Gasteiger partial charge in [0.15, 0.2) is 0 Å². The van der Waals surface area contributed by atoms with Crippen molar-refractivity contribution in [3.8, 4) is 22.3 Å². The average molecular weight is 893 g/mol. The molecule has 0 fully saturated rings. The maximum absolute atomic E-state index is 2.73. The van der Waals surface area contributed by atoms with E-state index in [1.807, 2.05) is 0 Å². The summed E-state index contributed by atoms with van der Waals surface area (Å²) in [4.78, 5) is 5.34. The Balaban J connectivity index is 1.40. The van der Waals surface area contributed by atoms with Gasteiger partial charge in [-0.05, 0) is 161 Å². The van der Waals surface area contributed by atoms with Crippen LogP contribution in [0, 0.1) is 0 Å². The molecule has 2 nitrogen and oxygen atoms in total. The molecule has 7 aromatic rings. The van der Waals surface area contributed by atoms with Crippen molar-refractivity contribution in [2.24, 2.45) is 0 Å². The molecule has 0 radical (unpaired) electrons. The molecular formula is C65H73BN2. The normalized spacial score (nSPS) is 16.0. The number of fused-ring (bicyclic) bond motifs is 5. The molecule has 2 aliphatic heterocycles. The van der Waals surface area contributed by atoms with Crippen molar-refractivity contribution in [2.75, 3.05) is 9.80 Å². The second kappa shape index (κ2) is 15.9. The van der Waals surface area contributed by atoms with Gasteiger partial charge in [-0.2, -0.15) is 0 Å². The number of nitrogens with zero attached hydrogens (tertiary/aromatic N) is 2. The highest BCUT2D eigenvalue weighted by atomic mass is 15.2. The molecule has 0 amide bonds. The van der Waals surface area contributed by atoms with E-state index in [1.165, 1.54) is 106 Å². The highest BCUT2D eigenvalue weighted by Crippen LogP contribution is 2.53. The fourth-order valence-corrected chi connectivity index (χ4v) is 11.6. The van der Waals surface area contributed by atoms with E-state index >= 15 is 0 Å². The van der Waals surface area contributed by atoms with E-state index in [4.69, 9.17) is 0 Å². The molecule has 3 aliphatic rings. The van der Waals surface area contributed by atoms with E-state index < -0.39 is 0 Å². The molecule has 0 aromatic heterocycles. The summed E-state index contributed by atoms with van der Waals surface area (Å²) in [6.07, 6.45) is 2.32. The lowest BCUT2D eigenvalue weighted by Gasteiger charge is -2.48. The van der Waals surface area contributed by atoms with Crippen LogP contribution in [0.1, 0.15) is 156 Å². The molecule has 3 heteroatoms. The maximum Gasteiger partial charge on any atom is 0.252 e. The van der Waals surface area contributed by atoms with Gasteiger partial charge in [-0.3, -0.25) is 0 Å². The summed E-state index contributed by atoms with van der Waals surface area (Å²) in [6, 6.07) is 54.7. The number of rotatable bonds is 5. The lowest BCUT2D eigenvalue weighted by Crippen LogP contribution is -2.62. The summed E-state index contributed by atoms with van der Waals surface area (Å²) in [5.74, 6) is 0.299. The first kappa shape index (κ1) is 46.0. The first-order valence-electron chi connectivity index (χ1n) is 25.5. The van der Waals surface area contributed by atoms with E-state index in [1.54, 1.807) is 0 Å². The van der Waals surface area contributed by atoms with Crippen LogP contribution in [-0.4, -0.2) is 6.71 Å². The van der Waals surface area contributed by atoms with E-state index in [-0.39, 0.29) is 33.8 Å². The molecule has 0 unspecified atom stereocenters. The molecule has 10 rings (SSSR count). The molecule has 0 atom stereocenters. The molecule has 0 N–H and O–H groups in total. The van der Waals surface area contributed by atoms with E-state index in [0.29, 0.717) is 5.92 Å². The molecule has 0 saturated heterocycles. The van der Waals surface area contributed by atoms with Crippen molar-refractivity contribution < 1.29 is 0 Å². The Kier molecular flexibility index (Phi) is 10.7. The topological polar surface area (TPSA) is 6.48 Å². The predicted molar refractivity (Wildman–Crippen MR) is 297 cm³/mol. The number of anilines is 6. The minimum Gasteiger partial charge on any atom is -0.311 e. The van der Waals surface area contributed by atoms with Gasteiger partial charge in [-0.15, -0.1) is 0 Å². The molecule has 2 heterocycles. The Morgan fingerprint density at radius 1 is 0.456 bits per heavy atom. The third kappa shape index (κ3) is 7.64. The minimum atomic E-state index is -0.110. The van der Waals surface area contributed by atoms with Crippen LogP contribution in [0.3, 0.4) is 0 Å². The van der Waals surface area contributed by atoms with Crippen LogP contribution in [0.5, 0.6) is 0 Å². The van der Waals surface area contributed by atoms with Crippen LogP contribution in [-0.2, 0) is 27.1 Å². The maximum atomic E-state index is 2.73. The molecular weight excluding hydrogens is 820 g/mol. The predicted octanol–water partition coefficient (Wildman–Crippen LogP) is 16.5. The van der Waals surface area contributed by atoms with Gasteiger partial charge in [0.25, 0.3) is 6.71 Å². The number of hydrogen-bond donors (Lipinski definition) is 0. The Morgan fingerprint density at radius 2 is 0.971 bits per heavy atom. The quantitative estimate of drug-likeness (QED) is 0.159. The lowest BCUT2D eigenvalue weighted by molar-refractivity contribution is 0.332. The van der Waals surface area contributed by atoms with Crippen molar-refractivity contribution in [2.45, 2.75) is 150 Å². The van der Waals surface area contributed by atoms with Crippen molar-refractivity contribution in [1.82, 2.24) is 0 Å². The van der Waals surface area contributed by atoms with E-state index in [0.717, 1.165) is 12.8 Å². The fraction of sp³-hybridized carbons (Fsp3) is 0.354. The third-order valence-corrected chi connectivity index (χ3v) is 15.9. The van der Waals surface area contributed by atoms with Crippen molar-refractivity contribution in [3.05, 3.63) is 173 Å². The van der Waals surface area contributed by atoms with Crippen LogP contribution < -0.4 is 26.2 Å². The van der Waals surface area contributed by atoms with Gasteiger partial charge in [0, 0.05) is 34.0 Å². The molecule has 7 aromatic carbocycles. The standard InChI is InChI=1S/C65H73BN2/c1-41(2)44-34-58-60-59(35-44)68(56-38-48(42-22-18-16-19-23-42)50(63(9,10)11)37-49(56)43-24-20-17-21-25-43)57-40-52-51(64(12,13)32-33-65(52,14)15)39-54(57)66(60)53-36-46(62(6,7)8)28-31-55(53)67(58)47-29-26-45(27-30-47)61(3,4)5/h16-31,34-41H,32-33H2,1-15H3. The largest absolute Gasteiger partial charge is 0.311 e. The van der Waals surface area contributed by atoms with E-state index in [9.17, 15) is 0 Å². The Bertz CT molecular complexity index is 3080. The minimum absolute atomic E-state index is 0.0172. The number of hydrogen-bond acceptors (Lipinski definition) is 2. The zero-order chi connectivity index (χ0) is 48.5. The summed E-state index contributed by atoms with van der Waals surface area (Å²) >= 11 is 0. The molecule has 0 spiro atoms. The van der Waals surface area contributed by atoms with Crippen molar-refractivity contribution >= 4 is 57.2 Å². The van der Waals surface area contributed by atoms with Crippen LogP contribution in [0.2, 0.25) is 0 Å².